The molecule has 0 saturated carbocycles. The lowest BCUT2D eigenvalue weighted by Gasteiger charge is -2.37. The van der Waals surface area contributed by atoms with Crippen LogP contribution in [0, 0.1) is 5.41 Å². The van der Waals surface area contributed by atoms with Gasteiger partial charge in [-0.25, -0.2) is 4.68 Å². The van der Waals surface area contributed by atoms with Crippen molar-refractivity contribution in [3.8, 4) is 0 Å². The Bertz CT molecular complexity index is 1280. The first-order valence-corrected chi connectivity index (χ1v) is 12.0. The molecular weight excluding hydrogens is 442 g/mol. The van der Waals surface area contributed by atoms with Gasteiger partial charge in [0.25, 0.3) is 5.56 Å². The normalized spacial score (nSPS) is 14.3. The molecule has 35 heavy (non-hydrogen) atoms. The molecule has 0 unspecified atom stereocenters. The Kier molecular flexibility index (Phi) is 6.91. The molecule has 3 aromatic rings. The van der Waals surface area contributed by atoms with Gasteiger partial charge >= 0.3 is 0 Å². The van der Waals surface area contributed by atoms with Gasteiger partial charge in [-0.05, 0) is 35.7 Å². The molecule has 4 rings (SSSR count). The van der Waals surface area contributed by atoms with Crippen molar-refractivity contribution in [2.75, 3.05) is 36.4 Å². The molecule has 1 N–H and O–H groups in total. The van der Waals surface area contributed by atoms with Gasteiger partial charge < -0.3 is 15.1 Å². The van der Waals surface area contributed by atoms with Crippen molar-refractivity contribution in [2.45, 2.75) is 33.6 Å². The fourth-order valence-corrected chi connectivity index (χ4v) is 4.40. The number of benzene rings is 2. The summed E-state index contributed by atoms with van der Waals surface area (Å²) in [5.74, 6) is 0.0241. The van der Waals surface area contributed by atoms with Gasteiger partial charge in [-0.3, -0.25) is 14.4 Å². The van der Waals surface area contributed by atoms with Crippen LogP contribution in [0.15, 0.2) is 53.3 Å². The molecule has 1 fully saturated rings. The Morgan fingerprint density at radius 2 is 1.57 bits per heavy atom. The van der Waals surface area contributed by atoms with Gasteiger partial charge in [0, 0.05) is 56.4 Å². The van der Waals surface area contributed by atoms with Gasteiger partial charge in [0.15, 0.2) is 0 Å². The number of carbonyl (C=O) groups excluding carboxylic acids is 2. The highest BCUT2D eigenvalue weighted by molar-refractivity contribution is 5.95. The largest absolute Gasteiger partial charge is 0.368 e. The third kappa shape index (κ3) is 5.88. The molecule has 2 heterocycles. The number of aromatic nitrogens is 2. The number of nitrogens with zero attached hydrogens (tertiary/aromatic N) is 4. The average molecular weight is 476 g/mol. The number of aryl methyl sites for hydroxylation is 1. The smallest absolute Gasteiger partial charge is 0.274 e. The predicted octanol–water partition coefficient (Wildman–Crippen LogP) is 3.20. The fraction of sp³-hybridized carbons (Fsp3) is 0.407. The Balaban J connectivity index is 1.35. The molecule has 0 atom stereocenters. The molecule has 1 aromatic heterocycles. The predicted molar refractivity (Wildman–Crippen MR) is 139 cm³/mol. The van der Waals surface area contributed by atoms with Crippen molar-refractivity contribution in [3.63, 3.8) is 0 Å². The van der Waals surface area contributed by atoms with Crippen molar-refractivity contribution in [3.05, 3.63) is 64.6 Å². The van der Waals surface area contributed by atoms with Gasteiger partial charge in [0.05, 0.1) is 17.5 Å². The van der Waals surface area contributed by atoms with Crippen LogP contribution in [-0.2, 0) is 23.1 Å². The van der Waals surface area contributed by atoms with Crippen LogP contribution in [0.5, 0.6) is 0 Å². The fourth-order valence-electron chi connectivity index (χ4n) is 4.40. The number of hydrogen-bond donors (Lipinski definition) is 1. The number of amides is 2. The second kappa shape index (κ2) is 9.90. The van der Waals surface area contributed by atoms with E-state index in [-0.39, 0.29) is 29.2 Å². The van der Waals surface area contributed by atoms with E-state index in [1.165, 1.54) is 4.68 Å². The summed E-state index contributed by atoms with van der Waals surface area (Å²) in [7, 11) is 1.59. The monoisotopic (exact) mass is 475 g/mol. The highest BCUT2D eigenvalue weighted by Crippen LogP contribution is 2.23. The molecule has 8 nitrogen and oxygen atoms in total. The second-order valence-corrected chi connectivity index (χ2v) is 10.3. The SMILES string of the molecule is Cn1nc(CC(=O)Nc2ccc(N3CCN(C(=O)CC(C)(C)C)CC3)cc2)c2ccccc2c1=O. The summed E-state index contributed by atoms with van der Waals surface area (Å²) < 4.78 is 1.27. The Morgan fingerprint density at radius 1 is 0.943 bits per heavy atom. The summed E-state index contributed by atoms with van der Waals surface area (Å²) in [6.45, 7) is 9.26. The van der Waals surface area contributed by atoms with Crippen LogP contribution in [0.3, 0.4) is 0 Å². The summed E-state index contributed by atoms with van der Waals surface area (Å²) in [4.78, 5) is 41.7. The zero-order valence-corrected chi connectivity index (χ0v) is 20.9. The number of carbonyl (C=O) groups is 2. The number of anilines is 2. The minimum Gasteiger partial charge on any atom is -0.368 e. The van der Waals surface area contributed by atoms with E-state index in [1.54, 1.807) is 19.2 Å². The number of piperazine rings is 1. The maximum absolute atomic E-state index is 12.7. The van der Waals surface area contributed by atoms with Crippen LogP contribution >= 0.6 is 0 Å². The molecule has 1 saturated heterocycles. The summed E-state index contributed by atoms with van der Waals surface area (Å²) in [5.41, 5.74) is 2.15. The Labute approximate surface area is 205 Å². The second-order valence-electron chi connectivity index (χ2n) is 10.3. The van der Waals surface area contributed by atoms with E-state index in [2.05, 4.69) is 36.1 Å². The van der Waals surface area contributed by atoms with Crippen LogP contribution in [-0.4, -0.2) is 52.7 Å². The van der Waals surface area contributed by atoms with E-state index in [9.17, 15) is 14.4 Å². The molecule has 1 aliphatic rings. The van der Waals surface area contributed by atoms with Crippen molar-refractivity contribution >= 4 is 34.0 Å². The molecule has 0 bridgehead atoms. The summed E-state index contributed by atoms with van der Waals surface area (Å²) in [6.07, 6.45) is 0.632. The topological polar surface area (TPSA) is 87.5 Å². The van der Waals surface area contributed by atoms with E-state index in [1.807, 2.05) is 41.3 Å². The van der Waals surface area contributed by atoms with Gasteiger partial charge in [-0.2, -0.15) is 5.10 Å². The van der Waals surface area contributed by atoms with Crippen LogP contribution in [0.25, 0.3) is 10.8 Å². The zero-order chi connectivity index (χ0) is 25.2. The molecule has 2 amide bonds. The van der Waals surface area contributed by atoms with Crippen LogP contribution < -0.4 is 15.8 Å². The van der Waals surface area contributed by atoms with Crippen LogP contribution in [0.2, 0.25) is 0 Å². The molecule has 184 valence electrons. The molecule has 0 radical (unpaired) electrons. The van der Waals surface area contributed by atoms with Gasteiger partial charge in [0.1, 0.15) is 0 Å². The number of nitrogens with one attached hydrogen (secondary N) is 1. The molecule has 0 spiro atoms. The van der Waals surface area contributed by atoms with Crippen molar-refractivity contribution in [2.24, 2.45) is 12.5 Å². The first kappa shape index (κ1) is 24.4. The minimum atomic E-state index is -0.194. The van der Waals surface area contributed by atoms with Gasteiger partial charge in [-0.1, -0.05) is 39.0 Å². The summed E-state index contributed by atoms with van der Waals surface area (Å²) in [6, 6.07) is 15.0. The third-order valence-corrected chi connectivity index (χ3v) is 6.19. The van der Waals surface area contributed by atoms with E-state index in [4.69, 9.17) is 0 Å². The first-order chi connectivity index (χ1) is 16.6. The van der Waals surface area contributed by atoms with E-state index >= 15 is 0 Å². The summed E-state index contributed by atoms with van der Waals surface area (Å²) in [5, 5.41) is 8.48. The van der Waals surface area contributed by atoms with Gasteiger partial charge in [0.2, 0.25) is 11.8 Å². The highest BCUT2D eigenvalue weighted by atomic mass is 16.2. The van der Waals surface area contributed by atoms with E-state index in [0.29, 0.717) is 41.7 Å². The molecule has 1 aliphatic heterocycles. The highest BCUT2D eigenvalue weighted by Gasteiger charge is 2.25. The summed E-state index contributed by atoms with van der Waals surface area (Å²) >= 11 is 0. The lowest BCUT2D eigenvalue weighted by Crippen LogP contribution is -2.49. The Morgan fingerprint density at radius 3 is 2.20 bits per heavy atom. The van der Waals surface area contributed by atoms with E-state index in [0.717, 1.165) is 18.8 Å². The molecule has 2 aromatic carbocycles. The maximum atomic E-state index is 12.7. The van der Waals surface area contributed by atoms with Gasteiger partial charge in [-0.15, -0.1) is 0 Å². The van der Waals surface area contributed by atoms with Crippen LogP contribution in [0.1, 0.15) is 32.9 Å². The molecule has 8 heteroatoms. The zero-order valence-electron chi connectivity index (χ0n) is 20.9. The third-order valence-electron chi connectivity index (χ3n) is 6.19. The lowest BCUT2D eigenvalue weighted by molar-refractivity contribution is -0.133. The lowest BCUT2D eigenvalue weighted by atomic mass is 9.91. The number of fused-ring (bicyclic) bond motifs is 1. The van der Waals surface area contributed by atoms with E-state index < -0.39 is 0 Å². The standard InChI is InChI=1S/C27H33N5O3/c1-27(2,3)18-25(34)32-15-13-31(14-16-32)20-11-9-19(10-12-20)28-24(33)17-23-21-7-5-6-8-22(21)26(35)30(4)29-23/h5-12H,13-18H2,1-4H3,(H,28,33). The van der Waals surface area contributed by atoms with Crippen molar-refractivity contribution in [1.82, 2.24) is 14.7 Å². The first-order valence-electron chi connectivity index (χ1n) is 12.0. The van der Waals surface area contributed by atoms with Crippen molar-refractivity contribution in [1.29, 1.82) is 0 Å². The van der Waals surface area contributed by atoms with Crippen LogP contribution in [0.4, 0.5) is 11.4 Å². The Hall–Kier alpha value is -3.68. The minimum absolute atomic E-state index is 0.00516. The molecular formula is C27H33N5O3. The average Bonchev–Trinajstić information content (AvgIpc) is 2.82. The molecule has 0 aliphatic carbocycles. The number of rotatable bonds is 5. The quantitative estimate of drug-likeness (QED) is 0.612. The maximum Gasteiger partial charge on any atom is 0.274 e. The number of hydrogen-bond acceptors (Lipinski definition) is 5. The van der Waals surface area contributed by atoms with Crippen molar-refractivity contribution < 1.29 is 9.59 Å².